The summed E-state index contributed by atoms with van der Waals surface area (Å²) in [5, 5.41) is 30.5. The molecule has 176 valence electrons. The maximum absolute atomic E-state index is 11.5. The lowest BCUT2D eigenvalue weighted by molar-refractivity contribution is 0.0999. The van der Waals surface area contributed by atoms with E-state index < -0.39 is 12.0 Å². The van der Waals surface area contributed by atoms with Crippen molar-refractivity contribution in [3.8, 4) is 24.2 Å². The van der Waals surface area contributed by atoms with Gasteiger partial charge in [0.15, 0.2) is 0 Å². The van der Waals surface area contributed by atoms with Crippen molar-refractivity contribution in [1.29, 1.82) is 5.26 Å². The van der Waals surface area contributed by atoms with E-state index in [1.54, 1.807) is 36.4 Å². The molecule has 0 saturated carbocycles. The number of primary amides is 1. The van der Waals surface area contributed by atoms with E-state index in [4.69, 9.17) is 17.4 Å². The Bertz CT molecular complexity index is 1290. The van der Waals surface area contributed by atoms with Crippen molar-refractivity contribution in [3.05, 3.63) is 94.5 Å². The fourth-order valence-corrected chi connectivity index (χ4v) is 4.43. The van der Waals surface area contributed by atoms with Crippen molar-refractivity contribution in [2.45, 2.75) is 12.1 Å². The van der Waals surface area contributed by atoms with E-state index in [1.807, 2.05) is 24.3 Å². The monoisotopic (exact) mass is 466 g/mol. The van der Waals surface area contributed by atoms with E-state index >= 15 is 0 Å². The number of carbonyl (C=O) groups excluding carboxylic acids is 1. The highest BCUT2D eigenvalue weighted by Crippen LogP contribution is 2.37. The van der Waals surface area contributed by atoms with Gasteiger partial charge in [-0.1, -0.05) is 30.2 Å². The van der Waals surface area contributed by atoms with Crippen molar-refractivity contribution in [3.63, 3.8) is 0 Å². The smallest absolute Gasteiger partial charge is 0.248 e. The number of hydrogen-bond donors (Lipinski definition) is 3. The zero-order chi connectivity index (χ0) is 24.9. The van der Waals surface area contributed by atoms with E-state index in [-0.39, 0.29) is 17.4 Å². The summed E-state index contributed by atoms with van der Waals surface area (Å²) in [4.78, 5) is 15.8. The predicted octanol–water partition coefficient (Wildman–Crippen LogP) is 2.94. The fraction of sp³-hybridized carbons (Fsp3) is 0.214. The molecular weight excluding hydrogens is 440 g/mol. The summed E-state index contributed by atoms with van der Waals surface area (Å²) in [6.45, 7) is 2.26. The second-order valence-corrected chi connectivity index (χ2v) is 8.55. The third-order valence-electron chi connectivity index (χ3n) is 6.35. The number of benzene rings is 3. The molecule has 0 aliphatic carbocycles. The minimum Gasteiger partial charge on any atom is -0.506 e. The zero-order valence-electron chi connectivity index (χ0n) is 19.1. The van der Waals surface area contributed by atoms with Crippen LogP contribution in [-0.2, 0) is 0 Å². The fourth-order valence-electron chi connectivity index (χ4n) is 4.43. The van der Waals surface area contributed by atoms with Gasteiger partial charge in [-0.2, -0.15) is 5.26 Å². The lowest BCUT2D eigenvalue weighted by Crippen LogP contribution is -2.49. The second kappa shape index (κ2) is 10.3. The highest BCUT2D eigenvalue weighted by atomic mass is 16.3. The molecule has 1 heterocycles. The van der Waals surface area contributed by atoms with Gasteiger partial charge in [-0.3, -0.25) is 9.69 Å². The van der Waals surface area contributed by atoms with Crippen LogP contribution in [0.3, 0.4) is 0 Å². The normalized spacial score (nSPS) is 16.8. The van der Waals surface area contributed by atoms with Gasteiger partial charge in [0.1, 0.15) is 5.75 Å². The first-order valence-electron chi connectivity index (χ1n) is 11.3. The van der Waals surface area contributed by atoms with Gasteiger partial charge in [-0.15, -0.1) is 6.42 Å². The Balaban J connectivity index is 1.59. The Morgan fingerprint density at radius 3 is 2.37 bits per heavy atom. The number of nitriles is 1. The minimum absolute atomic E-state index is 0.0161. The Morgan fingerprint density at radius 1 is 1.09 bits per heavy atom. The van der Waals surface area contributed by atoms with Crippen molar-refractivity contribution in [1.82, 2.24) is 4.90 Å². The molecule has 0 aromatic heterocycles. The first kappa shape index (κ1) is 23.8. The molecular formula is C28H26N4O3. The lowest BCUT2D eigenvalue weighted by atomic mass is 9.98. The van der Waals surface area contributed by atoms with E-state index in [1.165, 1.54) is 6.07 Å². The van der Waals surface area contributed by atoms with Crippen molar-refractivity contribution >= 4 is 11.6 Å². The lowest BCUT2D eigenvalue weighted by Gasteiger charge is -2.43. The van der Waals surface area contributed by atoms with Crippen LogP contribution in [0, 0.1) is 23.7 Å². The number of aliphatic hydroxyl groups excluding tert-OH is 1. The van der Waals surface area contributed by atoms with Gasteiger partial charge in [-0.05, 0) is 53.6 Å². The number of phenolic OH excluding ortho intramolecular Hbond substituents is 1. The maximum atomic E-state index is 11.5. The maximum Gasteiger partial charge on any atom is 0.248 e. The standard InChI is InChI=1S/C28H26N4O3/c1-2-19-3-7-21(8-4-19)25-17-31(18-27(34)22-9-5-20(16-29)6-10-22)13-14-32(25)24-12-11-23(28(30)35)15-26(24)33/h1,3-12,15,25,27,33-34H,13-14,17-18H2,(H2,30,35)/t25-,27+/m0/s1. The van der Waals surface area contributed by atoms with Gasteiger partial charge in [0, 0.05) is 37.3 Å². The first-order valence-corrected chi connectivity index (χ1v) is 11.3. The molecule has 35 heavy (non-hydrogen) atoms. The number of aromatic hydroxyl groups is 1. The van der Waals surface area contributed by atoms with Crippen LogP contribution >= 0.6 is 0 Å². The highest BCUT2D eigenvalue weighted by Gasteiger charge is 2.31. The summed E-state index contributed by atoms with van der Waals surface area (Å²) >= 11 is 0. The van der Waals surface area contributed by atoms with E-state index in [9.17, 15) is 15.0 Å². The molecule has 7 heteroatoms. The number of rotatable bonds is 6. The number of aliphatic hydroxyl groups is 1. The molecule has 3 aromatic carbocycles. The van der Waals surface area contributed by atoms with E-state index in [0.29, 0.717) is 37.4 Å². The van der Waals surface area contributed by atoms with Gasteiger partial charge in [0.2, 0.25) is 5.91 Å². The number of piperazine rings is 1. The Morgan fingerprint density at radius 2 is 1.77 bits per heavy atom. The molecule has 1 saturated heterocycles. The van der Waals surface area contributed by atoms with Crippen LogP contribution < -0.4 is 10.6 Å². The summed E-state index contributed by atoms with van der Waals surface area (Å²) in [6.07, 6.45) is 4.81. The molecule has 4 N–H and O–H groups in total. The van der Waals surface area contributed by atoms with Gasteiger partial charge < -0.3 is 20.8 Å². The van der Waals surface area contributed by atoms with Crippen LogP contribution in [0.1, 0.15) is 44.8 Å². The first-order chi connectivity index (χ1) is 16.9. The van der Waals surface area contributed by atoms with Crippen molar-refractivity contribution in [2.75, 3.05) is 31.1 Å². The minimum atomic E-state index is -0.706. The van der Waals surface area contributed by atoms with Crippen LogP contribution in [0.25, 0.3) is 0 Å². The molecule has 2 atom stereocenters. The molecule has 0 spiro atoms. The predicted molar refractivity (Wildman–Crippen MR) is 134 cm³/mol. The van der Waals surface area contributed by atoms with Gasteiger partial charge >= 0.3 is 0 Å². The summed E-state index contributed by atoms with van der Waals surface area (Å²) in [7, 11) is 0. The van der Waals surface area contributed by atoms with Gasteiger partial charge in [0.05, 0.1) is 29.5 Å². The number of carbonyl (C=O) groups is 1. The van der Waals surface area contributed by atoms with Crippen LogP contribution in [0.2, 0.25) is 0 Å². The second-order valence-electron chi connectivity index (χ2n) is 8.55. The number of phenols is 1. The summed E-state index contributed by atoms with van der Waals surface area (Å²) in [5.74, 6) is 2.01. The Kier molecular flexibility index (Phi) is 7.03. The molecule has 0 unspecified atom stereocenters. The number of hydrogen-bond acceptors (Lipinski definition) is 6. The summed E-state index contributed by atoms with van der Waals surface area (Å²) in [5.41, 5.74) is 9.29. The number of β-amino-alcohol motifs (C(OH)–C–C–N with tert-alkyl or cyclic N) is 1. The van der Waals surface area contributed by atoms with Crippen LogP contribution in [0.4, 0.5) is 5.69 Å². The number of terminal acetylenes is 1. The van der Waals surface area contributed by atoms with Crippen LogP contribution in [-0.4, -0.2) is 47.2 Å². The molecule has 4 rings (SSSR count). The van der Waals surface area contributed by atoms with Crippen LogP contribution in [0.5, 0.6) is 5.75 Å². The average Bonchev–Trinajstić information content (AvgIpc) is 2.88. The molecule has 0 radical (unpaired) electrons. The van der Waals surface area contributed by atoms with Crippen molar-refractivity contribution < 1.29 is 15.0 Å². The zero-order valence-corrected chi connectivity index (χ0v) is 19.1. The third-order valence-corrected chi connectivity index (χ3v) is 6.35. The number of anilines is 1. The molecule has 3 aromatic rings. The molecule has 1 amide bonds. The molecule has 1 fully saturated rings. The quantitative estimate of drug-likeness (QED) is 0.482. The van der Waals surface area contributed by atoms with Crippen LogP contribution in [0.15, 0.2) is 66.7 Å². The SMILES string of the molecule is C#Cc1ccc([C@@H]2CN(C[C@@H](O)c3ccc(C#N)cc3)CCN2c2ccc(C(N)=O)cc2O)cc1. The highest BCUT2D eigenvalue weighted by molar-refractivity contribution is 5.94. The number of nitrogens with zero attached hydrogens (tertiary/aromatic N) is 3. The third kappa shape index (κ3) is 5.28. The van der Waals surface area contributed by atoms with E-state index in [0.717, 1.165) is 16.7 Å². The average molecular weight is 467 g/mol. The van der Waals surface area contributed by atoms with E-state index in [2.05, 4.69) is 21.8 Å². The number of nitrogens with two attached hydrogens (primary N) is 1. The molecule has 1 aliphatic rings. The Hall–Kier alpha value is -4.30. The van der Waals surface area contributed by atoms with Gasteiger partial charge in [-0.25, -0.2) is 0 Å². The number of amides is 1. The molecule has 1 aliphatic heterocycles. The largest absolute Gasteiger partial charge is 0.506 e. The summed E-state index contributed by atoms with van der Waals surface area (Å²) < 4.78 is 0. The van der Waals surface area contributed by atoms with Crippen molar-refractivity contribution in [2.24, 2.45) is 5.73 Å². The van der Waals surface area contributed by atoms with Gasteiger partial charge in [0.25, 0.3) is 0 Å². The molecule has 7 nitrogen and oxygen atoms in total. The summed E-state index contributed by atoms with van der Waals surface area (Å²) in [6, 6.07) is 21.3. The Labute approximate surface area is 204 Å². The topological polar surface area (TPSA) is 114 Å². The molecule has 0 bridgehead atoms.